The van der Waals surface area contributed by atoms with Gasteiger partial charge < -0.3 is 5.73 Å². The van der Waals surface area contributed by atoms with Gasteiger partial charge in [-0.2, -0.15) is 0 Å². The van der Waals surface area contributed by atoms with Gasteiger partial charge in [0, 0.05) is 17.5 Å². The Bertz CT molecular complexity index is 582. The standard InChI is InChI=1S/C21H32N2O/c1-21(2,3)23-14-6-9-19(23)18-8-5-4-7-17(18)15-10-12-16(13-11-15)20(22)24/h4-5,7-8,15-16,19H,6,9-14H2,1-3H3,(H2,22,24)/t15?,16?,19-/m1/s1. The highest BCUT2D eigenvalue weighted by molar-refractivity contribution is 5.76. The molecule has 3 rings (SSSR count). The first-order chi connectivity index (χ1) is 11.4. The van der Waals surface area contributed by atoms with E-state index in [0.29, 0.717) is 12.0 Å². The van der Waals surface area contributed by atoms with Crippen molar-refractivity contribution in [1.29, 1.82) is 0 Å². The Morgan fingerprint density at radius 1 is 1.04 bits per heavy atom. The monoisotopic (exact) mass is 328 g/mol. The highest BCUT2D eigenvalue weighted by Crippen LogP contribution is 2.43. The third-order valence-electron chi connectivity index (χ3n) is 6.04. The fraction of sp³-hybridized carbons (Fsp3) is 0.667. The van der Waals surface area contributed by atoms with E-state index in [4.69, 9.17) is 5.73 Å². The molecule has 1 saturated heterocycles. The first-order valence-electron chi connectivity index (χ1n) is 9.53. The van der Waals surface area contributed by atoms with Crippen molar-refractivity contribution in [3.63, 3.8) is 0 Å². The molecule has 1 amide bonds. The van der Waals surface area contributed by atoms with Crippen LogP contribution in [0.4, 0.5) is 0 Å². The van der Waals surface area contributed by atoms with Crippen LogP contribution in [0.2, 0.25) is 0 Å². The highest BCUT2D eigenvalue weighted by Gasteiger charge is 2.36. The van der Waals surface area contributed by atoms with Crippen molar-refractivity contribution in [2.24, 2.45) is 11.7 Å². The number of amides is 1. The van der Waals surface area contributed by atoms with Crippen molar-refractivity contribution in [2.75, 3.05) is 6.54 Å². The van der Waals surface area contributed by atoms with Gasteiger partial charge in [0.25, 0.3) is 0 Å². The van der Waals surface area contributed by atoms with Gasteiger partial charge in [0.15, 0.2) is 0 Å². The van der Waals surface area contributed by atoms with Gasteiger partial charge in [0.05, 0.1) is 0 Å². The number of nitrogens with zero attached hydrogens (tertiary/aromatic N) is 1. The zero-order chi connectivity index (χ0) is 17.3. The molecule has 1 atom stereocenters. The third kappa shape index (κ3) is 3.51. The van der Waals surface area contributed by atoms with Gasteiger partial charge in [-0.1, -0.05) is 24.3 Å². The number of hydrogen-bond acceptors (Lipinski definition) is 2. The van der Waals surface area contributed by atoms with E-state index in [1.165, 1.54) is 30.5 Å². The second-order valence-electron chi connectivity index (χ2n) is 8.60. The largest absolute Gasteiger partial charge is 0.369 e. The highest BCUT2D eigenvalue weighted by atomic mass is 16.1. The van der Waals surface area contributed by atoms with Crippen LogP contribution in [0.5, 0.6) is 0 Å². The van der Waals surface area contributed by atoms with E-state index in [9.17, 15) is 4.79 Å². The Kier molecular flexibility index (Phi) is 5.00. The fourth-order valence-corrected chi connectivity index (χ4v) is 4.77. The van der Waals surface area contributed by atoms with E-state index < -0.39 is 0 Å². The van der Waals surface area contributed by atoms with Crippen LogP contribution in [0.25, 0.3) is 0 Å². The Balaban J connectivity index is 1.83. The number of carbonyl (C=O) groups excluding carboxylic acids is 1. The average Bonchev–Trinajstić information content (AvgIpc) is 3.05. The van der Waals surface area contributed by atoms with E-state index in [0.717, 1.165) is 25.7 Å². The maximum Gasteiger partial charge on any atom is 0.220 e. The summed E-state index contributed by atoms with van der Waals surface area (Å²) in [5, 5.41) is 0. The number of nitrogens with two attached hydrogens (primary N) is 1. The molecule has 132 valence electrons. The lowest BCUT2D eigenvalue weighted by Crippen LogP contribution is -2.41. The van der Waals surface area contributed by atoms with Crippen molar-refractivity contribution in [3.05, 3.63) is 35.4 Å². The predicted octanol–water partition coefficient (Wildman–Crippen LogP) is 4.38. The second-order valence-corrected chi connectivity index (χ2v) is 8.60. The molecule has 2 aliphatic rings. The van der Waals surface area contributed by atoms with E-state index in [1.54, 1.807) is 0 Å². The lowest BCUT2D eigenvalue weighted by atomic mass is 9.76. The van der Waals surface area contributed by atoms with Crippen LogP contribution in [-0.4, -0.2) is 22.9 Å². The molecule has 2 N–H and O–H groups in total. The molecule has 0 unspecified atom stereocenters. The predicted molar refractivity (Wildman–Crippen MR) is 98.8 cm³/mol. The van der Waals surface area contributed by atoms with Crippen molar-refractivity contribution < 1.29 is 4.79 Å². The summed E-state index contributed by atoms with van der Waals surface area (Å²) in [5.74, 6) is 0.557. The molecule has 1 aliphatic carbocycles. The summed E-state index contributed by atoms with van der Waals surface area (Å²) >= 11 is 0. The van der Waals surface area contributed by atoms with Gasteiger partial charge >= 0.3 is 0 Å². The normalized spacial score (nSPS) is 28.9. The Morgan fingerprint density at radius 3 is 2.25 bits per heavy atom. The molecule has 0 spiro atoms. The number of primary amides is 1. The molecule has 0 radical (unpaired) electrons. The molecular weight excluding hydrogens is 296 g/mol. The maximum atomic E-state index is 11.4. The summed E-state index contributed by atoms with van der Waals surface area (Å²) in [7, 11) is 0. The summed E-state index contributed by atoms with van der Waals surface area (Å²) in [4.78, 5) is 14.1. The van der Waals surface area contributed by atoms with Gasteiger partial charge in [-0.25, -0.2) is 0 Å². The number of rotatable bonds is 3. The van der Waals surface area contributed by atoms with Crippen LogP contribution in [0, 0.1) is 5.92 Å². The minimum absolute atomic E-state index is 0.0889. The van der Waals surface area contributed by atoms with Crippen molar-refractivity contribution in [3.8, 4) is 0 Å². The Morgan fingerprint density at radius 2 is 1.67 bits per heavy atom. The molecular formula is C21H32N2O. The summed E-state index contributed by atoms with van der Waals surface area (Å²) in [5.41, 5.74) is 8.74. The fourth-order valence-electron chi connectivity index (χ4n) is 4.77. The summed E-state index contributed by atoms with van der Waals surface area (Å²) in [6.45, 7) is 8.17. The number of carbonyl (C=O) groups is 1. The quantitative estimate of drug-likeness (QED) is 0.895. The SMILES string of the molecule is CC(C)(C)N1CCC[C@@H]1c1ccccc1C1CCC(C(N)=O)CC1. The smallest absolute Gasteiger partial charge is 0.220 e. The van der Waals surface area contributed by atoms with Crippen molar-refractivity contribution >= 4 is 5.91 Å². The molecule has 0 aromatic heterocycles. The van der Waals surface area contributed by atoms with Crippen LogP contribution in [0.3, 0.4) is 0 Å². The van der Waals surface area contributed by atoms with Gasteiger partial charge in [-0.05, 0) is 82.9 Å². The van der Waals surface area contributed by atoms with Crippen molar-refractivity contribution in [2.45, 2.75) is 76.8 Å². The van der Waals surface area contributed by atoms with E-state index in [2.05, 4.69) is 49.9 Å². The summed E-state index contributed by atoms with van der Waals surface area (Å²) < 4.78 is 0. The summed E-state index contributed by atoms with van der Waals surface area (Å²) in [6, 6.07) is 9.56. The molecule has 1 aromatic carbocycles. The second kappa shape index (κ2) is 6.87. The molecule has 24 heavy (non-hydrogen) atoms. The zero-order valence-electron chi connectivity index (χ0n) is 15.4. The minimum Gasteiger partial charge on any atom is -0.369 e. The lowest BCUT2D eigenvalue weighted by Gasteiger charge is -2.39. The van der Waals surface area contributed by atoms with E-state index >= 15 is 0 Å². The molecule has 2 fully saturated rings. The van der Waals surface area contributed by atoms with E-state index in [-0.39, 0.29) is 17.4 Å². The van der Waals surface area contributed by atoms with Gasteiger partial charge in [0.2, 0.25) is 5.91 Å². The first-order valence-corrected chi connectivity index (χ1v) is 9.53. The average molecular weight is 329 g/mol. The molecule has 3 heteroatoms. The topological polar surface area (TPSA) is 46.3 Å². The molecule has 3 nitrogen and oxygen atoms in total. The number of hydrogen-bond donors (Lipinski definition) is 1. The van der Waals surface area contributed by atoms with Gasteiger partial charge in [0.1, 0.15) is 0 Å². The Labute approximate surface area is 146 Å². The molecule has 0 bridgehead atoms. The molecule has 1 saturated carbocycles. The number of likely N-dealkylation sites (tertiary alicyclic amines) is 1. The van der Waals surface area contributed by atoms with Crippen molar-refractivity contribution in [1.82, 2.24) is 4.90 Å². The first kappa shape index (κ1) is 17.5. The molecule has 1 heterocycles. The van der Waals surface area contributed by atoms with Crippen LogP contribution in [0.1, 0.15) is 82.4 Å². The van der Waals surface area contributed by atoms with E-state index in [1.807, 2.05) is 0 Å². The van der Waals surface area contributed by atoms with Crippen LogP contribution >= 0.6 is 0 Å². The van der Waals surface area contributed by atoms with Gasteiger partial charge in [-0.15, -0.1) is 0 Å². The molecule has 1 aliphatic heterocycles. The molecule has 1 aromatic rings. The van der Waals surface area contributed by atoms with Crippen LogP contribution in [0.15, 0.2) is 24.3 Å². The Hall–Kier alpha value is -1.35. The summed E-state index contributed by atoms with van der Waals surface area (Å²) in [6.07, 6.45) is 6.61. The van der Waals surface area contributed by atoms with Gasteiger partial charge in [-0.3, -0.25) is 9.69 Å². The number of benzene rings is 1. The third-order valence-corrected chi connectivity index (χ3v) is 6.04. The zero-order valence-corrected chi connectivity index (χ0v) is 15.4. The van der Waals surface area contributed by atoms with Crippen LogP contribution in [-0.2, 0) is 4.79 Å². The minimum atomic E-state index is -0.114. The lowest BCUT2D eigenvalue weighted by molar-refractivity contribution is -0.122. The maximum absolute atomic E-state index is 11.4. The van der Waals surface area contributed by atoms with Crippen LogP contribution < -0.4 is 5.73 Å².